The van der Waals surface area contributed by atoms with E-state index in [0.717, 1.165) is 11.1 Å². The third-order valence-electron chi connectivity index (χ3n) is 3.04. The molecule has 2 aromatic rings. The van der Waals surface area contributed by atoms with Gasteiger partial charge in [-0.3, -0.25) is 0 Å². The van der Waals surface area contributed by atoms with Gasteiger partial charge in [-0.1, -0.05) is 18.2 Å². The molecule has 0 radical (unpaired) electrons. The molecule has 0 saturated carbocycles. The highest BCUT2D eigenvalue weighted by Crippen LogP contribution is 2.32. The molecule has 0 saturated heterocycles. The second-order valence-corrected chi connectivity index (χ2v) is 4.60. The molecule has 0 heterocycles. The first-order valence-electron chi connectivity index (χ1n) is 6.45. The van der Waals surface area contributed by atoms with Gasteiger partial charge in [0.1, 0.15) is 5.75 Å². The van der Waals surface area contributed by atoms with Gasteiger partial charge in [-0.15, -0.1) is 0 Å². The minimum atomic E-state index is -0.0281. The molecule has 3 N–H and O–H groups in total. The summed E-state index contributed by atoms with van der Waals surface area (Å²) >= 11 is 0. The Bertz CT molecular complexity index is 564. The molecule has 0 aromatic heterocycles. The fraction of sp³-hybridized carbons (Fsp3) is 0.250. The summed E-state index contributed by atoms with van der Waals surface area (Å²) in [6.07, 6.45) is 0. The standard InChI is InChI=1S/C16H19NO3/c1-11(17)13-4-6-14(7-5-13)20-15-8-3-12(10-18)9-16(15)19-2/h3-9,11,18H,10,17H2,1-2H3/t11-/m1/s1. The normalized spacial score (nSPS) is 12.0. The van der Waals surface area contributed by atoms with E-state index in [1.165, 1.54) is 0 Å². The smallest absolute Gasteiger partial charge is 0.169 e. The Balaban J connectivity index is 2.20. The average Bonchev–Trinajstić information content (AvgIpc) is 2.48. The second kappa shape index (κ2) is 6.41. The highest BCUT2D eigenvalue weighted by molar-refractivity contribution is 5.45. The molecule has 0 amide bonds. The average molecular weight is 273 g/mol. The Morgan fingerprint density at radius 3 is 2.35 bits per heavy atom. The van der Waals surface area contributed by atoms with Crippen LogP contribution in [0.2, 0.25) is 0 Å². The molecule has 4 nitrogen and oxygen atoms in total. The topological polar surface area (TPSA) is 64.7 Å². The van der Waals surface area contributed by atoms with Crippen LogP contribution in [0.15, 0.2) is 42.5 Å². The molecule has 20 heavy (non-hydrogen) atoms. The molecule has 0 aliphatic heterocycles. The van der Waals surface area contributed by atoms with Gasteiger partial charge in [0.15, 0.2) is 11.5 Å². The van der Waals surface area contributed by atoms with Gasteiger partial charge in [-0.2, -0.15) is 0 Å². The van der Waals surface area contributed by atoms with Gasteiger partial charge in [0.05, 0.1) is 13.7 Å². The van der Waals surface area contributed by atoms with E-state index in [0.29, 0.717) is 17.2 Å². The van der Waals surface area contributed by atoms with Crippen molar-refractivity contribution in [1.82, 2.24) is 0 Å². The summed E-state index contributed by atoms with van der Waals surface area (Å²) in [6.45, 7) is 1.91. The fourth-order valence-corrected chi connectivity index (χ4v) is 1.86. The Kier molecular flexibility index (Phi) is 4.61. The maximum atomic E-state index is 9.11. The van der Waals surface area contributed by atoms with E-state index in [2.05, 4.69) is 0 Å². The number of methoxy groups -OCH3 is 1. The van der Waals surface area contributed by atoms with Crippen LogP contribution in [0.5, 0.6) is 17.2 Å². The molecule has 0 aliphatic carbocycles. The number of nitrogens with two attached hydrogens (primary N) is 1. The van der Waals surface area contributed by atoms with Crippen LogP contribution in [0.1, 0.15) is 24.1 Å². The van der Waals surface area contributed by atoms with Crippen LogP contribution in [-0.4, -0.2) is 12.2 Å². The fourth-order valence-electron chi connectivity index (χ4n) is 1.86. The molecule has 0 unspecified atom stereocenters. The number of ether oxygens (including phenoxy) is 2. The SMILES string of the molecule is COc1cc(CO)ccc1Oc1ccc([C@@H](C)N)cc1. The van der Waals surface area contributed by atoms with E-state index in [1.807, 2.05) is 31.2 Å². The van der Waals surface area contributed by atoms with Gasteiger partial charge >= 0.3 is 0 Å². The van der Waals surface area contributed by atoms with Gasteiger partial charge in [-0.25, -0.2) is 0 Å². The Hall–Kier alpha value is -2.04. The summed E-state index contributed by atoms with van der Waals surface area (Å²) in [6, 6.07) is 13.0. The molecule has 0 spiro atoms. The molecule has 106 valence electrons. The van der Waals surface area contributed by atoms with Crippen molar-refractivity contribution in [1.29, 1.82) is 0 Å². The molecule has 2 rings (SSSR count). The van der Waals surface area contributed by atoms with Gasteiger partial charge < -0.3 is 20.3 Å². The zero-order valence-corrected chi connectivity index (χ0v) is 11.7. The van der Waals surface area contributed by atoms with E-state index in [9.17, 15) is 0 Å². The third kappa shape index (κ3) is 3.29. The number of benzene rings is 2. The van der Waals surface area contributed by atoms with Crippen molar-refractivity contribution in [3.63, 3.8) is 0 Å². The molecule has 2 aromatic carbocycles. The van der Waals surface area contributed by atoms with Gasteiger partial charge in [0.2, 0.25) is 0 Å². The summed E-state index contributed by atoms with van der Waals surface area (Å²) in [5, 5.41) is 9.11. The van der Waals surface area contributed by atoms with Crippen molar-refractivity contribution < 1.29 is 14.6 Å². The number of hydrogen-bond donors (Lipinski definition) is 2. The van der Waals surface area contributed by atoms with Crippen molar-refractivity contribution in [2.75, 3.05) is 7.11 Å². The Morgan fingerprint density at radius 1 is 1.10 bits per heavy atom. The summed E-state index contributed by atoms with van der Waals surface area (Å²) in [4.78, 5) is 0. The molecule has 0 bridgehead atoms. The molecule has 0 fully saturated rings. The van der Waals surface area contributed by atoms with E-state index < -0.39 is 0 Å². The number of hydrogen-bond acceptors (Lipinski definition) is 4. The highest BCUT2D eigenvalue weighted by atomic mass is 16.5. The Morgan fingerprint density at radius 2 is 1.80 bits per heavy atom. The second-order valence-electron chi connectivity index (χ2n) is 4.60. The lowest BCUT2D eigenvalue weighted by atomic mass is 10.1. The molecule has 1 atom stereocenters. The number of rotatable bonds is 5. The number of aliphatic hydroxyl groups excluding tert-OH is 1. The van der Waals surface area contributed by atoms with E-state index in [-0.39, 0.29) is 12.6 Å². The third-order valence-corrected chi connectivity index (χ3v) is 3.04. The van der Waals surface area contributed by atoms with Crippen LogP contribution in [0, 0.1) is 0 Å². The maximum absolute atomic E-state index is 9.11. The molecular weight excluding hydrogens is 254 g/mol. The number of aliphatic hydroxyl groups is 1. The van der Waals surface area contributed by atoms with Crippen molar-refractivity contribution in [3.05, 3.63) is 53.6 Å². The quantitative estimate of drug-likeness (QED) is 0.879. The van der Waals surface area contributed by atoms with Gasteiger partial charge in [-0.05, 0) is 42.3 Å². The summed E-state index contributed by atoms with van der Waals surface area (Å²) in [7, 11) is 1.57. The molecule has 0 aliphatic rings. The minimum Gasteiger partial charge on any atom is -0.493 e. The van der Waals surface area contributed by atoms with Crippen molar-refractivity contribution >= 4 is 0 Å². The lowest BCUT2D eigenvalue weighted by molar-refractivity contribution is 0.280. The van der Waals surface area contributed by atoms with E-state index in [1.54, 1.807) is 25.3 Å². The summed E-state index contributed by atoms with van der Waals surface area (Å²) < 4.78 is 11.1. The lowest BCUT2D eigenvalue weighted by Gasteiger charge is -2.12. The predicted octanol–water partition coefficient (Wildman–Crippen LogP) is 3.00. The van der Waals surface area contributed by atoms with Crippen LogP contribution in [-0.2, 0) is 6.61 Å². The summed E-state index contributed by atoms with van der Waals surface area (Å²) in [5.41, 5.74) is 7.64. The van der Waals surface area contributed by atoms with Gasteiger partial charge in [0, 0.05) is 6.04 Å². The predicted molar refractivity (Wildman–Crippen MR) is 78.0 cm³/mol. The summed E-state index contributed by atoms with van der Waals surface area (Å²) in [5.74, 6) is 1.91. The van der Waals surface area contributed by atoms with Crippen LogP contribution in [0.4, 0.5) is 0 Å². The Labute approximate surface area is 118 Å². The minimum absolute atomic E-state index is 0.00224. The zero-order chi connectivity index (χ0) is 14.5. The van der Waals surface area contributed by atoms with E-state index >= 15 is 0 Å². The van der Waals surface area contributed by atoms with Crippen molar-refractivity contribution in [2.45, 2.75) is 19.6 Å². The van der Waals surface area contributed by atoms with Gasteiger partial charge in [0.25, 0.3) is 0 Å². The molecular formula is C16H19NO3. The molecule has 4 heteroatoms. The van der Waals surface area contributed by atoms with Crippen molar-refractivity contribution in [2.24, 2.45) is 5.73 Å². The first kappa shape index (κ1) is 14.4. The monoisotopic (exact) mass is 273 g/mol. The first-order valence-corrected chi connectivity index (χ1v) is 6.45. The zero-order valence-electron chi connectivity index (χ0n) is 11.7. The first-order chi connectivity index (χ1) is 9.63. The largest absolute Gasteiger partial charge is 0.493 e. The van der Waals surface area contributed by atoms with Crippen LogP contribution < -0.4 is 15.2 Å². The van der Waals surface area contributed by atoms with E-state index in [4.69, 9.17) is 20.3 Å². The van der Waals surface area contributed by atoms with Crippen LogP contribution >= 0.6 is 0 Å². The van der Waals surface area contributed by atoms with Crippen LogP contribution in [0.25, 0.3) is 0 Å². The maximum Gasteiger partial charge on any atom is 0.169 e. The highest BCUT2D eigenvalue weighted by Gasteiger charge is 2.07. The van der Waals surface area contributed by atoms with Crippen molar-refractivity contribution in [3.8, 4) is 17.2 Å². The van der Waals surface area contributed by atoms with Crippen LogP contribution in [0.3, 0.4) is 0 Å². The lowest BCUT2D eigenvalue weighted by Crippen LogP contribution is -2.04.